The lowest BCUT2D eigenvalue weighted by molar-refractivity contribution is 0.0506. The van der Waals surface area contributed by atoms with Gasteiger partial charge in [-0.2, -0.15) is 0 Å². The summed E-state index contributed by atoms with van der Waals surface area (Å²) < 4.78 is 10.3. The van der Waals surface area contributed by atoms with Crippen molar-refractivity contribution in [3.05, 3.63) is 28.8 Å². The molecule has 0 bridgehead atoms. The molecule has 0 spiro atoms. The van der Waals surface area contributed by atoms with Gasteiger partial charge in [0.25, 0.3) is 0 Å². The normalized spacial score (nSPS) is 12.7. The van der Waals surface area contributed by atoms with Crippen molar-refractivity contribution in [1.29, 1.82) is 0 Å². The highest BCUT2D eigenvalue weighted by molar-refractivity contribution is 6.31. The van der Waals surface area contributed by atoms with E-state index in [9.17, 15) is 4.79 Å². The number of carbonyl (C=O) groups is 1. The van der Waals surface area contributed by atoms with Crippen molar-refractivity contribution in [2.24, 2.45) is 5.73 Å². The Morgan fingerprint density at radius 3 is 2.57 bits per heavy atom. The second kappa shape index (κ2) is 7.52. The van der Waals surface area contributed by atoms with Crippen LogP contribution < -0.4 is 15.8 Å². The summed E-state index contributed by atoms with van der Waals surface area (Å²) in [6, 6.07) is 5.17. The zero-order valence-electron chi connectivity index (χ0n) is 12.9. The second-order valence-corrected chi connectivity index (χ2v) is 6.15. The highest BCUT2D eigenvalue weighted by Gasteiger charge is 2.19. The van der Waals surface area contributed by atoms with Crippen molar-refractivity contribution < 1.29 is 14.3 Å². The van der Waals surface area contributed by atoms with E-state index in [4.69, 9.17) is 26.8 Å². The number of hydrogen-bond donors (Lipinski definition) is 2. The SMILES string of the molecule is COc1ccc(CC(CN)NC(=O)OC(C)(C)C)c(Cl)c1. The summed E-state index contributed by atoms with van der Waals surface area (Å²) in [6.45, 7) is 5.72. The molecule has 0 saturated heterocycles. The van der Waals surface area contributed by atoms with Crippen LogP contribution in [-0.2, 0) is 11.2 Å². The summed E-state index contributed by atoms with van der Waals surface area (Å²) in [4.78, 5) is 11.8. The van der Waals surface area contributed by atoms with Crippen molar-refractivity contribution in [3.8, 4) is 5.75 Å². The smallest absolute Gasteiger partial charge is 0.407 e. The van der Waals surface area contributed by atoms with Crippen LogP contribution in [0.2, 0.25) is 5.02 Å². The number of hydrogen-bond acceptors (Lipinski definition) is 4. The van der Waals surface area contributed by atoms with Crippen molar-refractivity contribution in [1.82, 2.24) is 5.32 Å². The predicted molar refractivity (Wildman–Crippen MR) is 83.9 cm³/mol. The monoisotopic (exact) mass is 314 g/mol. The molecule has 3 N–H and O–H groups in total. The molecule has 1 unspecified atom stereocenters. The molecule has 1 atom stereocenters. The Labute approximate surface area is 130 Å². The van der Waals surface area contributed by atoms with E-state index < -0.39 is 11.7 Å². The molecule has 0 radical (unpaired) electrons. The van der Waals surface area contributed by atoms with Gasteiger partial charge >= 0.3 is 6.09 Å². The van der Waals surface area contributed by atoms with Crippen LogP contribution >= 0.6 is 11.6 Å². The van der Waals surface area contributed by atoms with Gasteiger partial charge in [-0.15, -0.1) is 0 Å². The summed E-state index contributed by atoms with van der Waals surface area (Å²) in [6.07, 6.45) is 0.0426. The van der Waals surface area contributed by atoms with E-state index in [2.05, 4.69) is 5.32 Å². The lowest BCUT2D eigenvalue weighted by Gasteiger charge is -2.23. The molecule has 118 valence electrons. The summed E-state index contributed by atoms with van der Waals surface area (Å²) >= 11 is 6.19. The maximum absolute atomic E-state index is 11.8. The number of amides is 1. The Bertz CT molecular complexity index is 486. The van der Waals surface area contributed by atoms with Gasteiger partial charge in [0.2, 0.25) is 0 Å². The highest BCUT2D eigenvalue weighted by atomic mass is 35.5. The van der Waals surface area contributed by atoms with Gasteiger partial charge in [0.1, 0.15) is 11.4 Å². The molecule has 0 aliphatic carbocycles. The van der Waals surface area contributed by atoms with E-state index in [1.165, 1.54) is 0 Å². The molecule has 5 nitrogen and oxygen atoms in total. The first kappa shape index (κ1) is 17.6. The minimum atomic E-state index is -0.541. The molecule has 6 heteroatoms. The van der Waals surface area contributed by atoms with Crippen LogP contribution in [0.5, 0.6) is 5.75 Å². The number of carbonyl (C=O) groups excluding carboxylic acids is 1. The number of ether oxygens (including phenoxy) is 2. The lowest BCUT2D eigenvalue weighted by atomic mass is 10.1. The van der Waals surface area contributed by atoms with Crippen LogP contribution in [0.1, 0.15) is 26.3 Å². The molecule has 1 rings (SSSR count). The predicted octanol–water partition coefficient (Wildman–Crippen LogP) is 2.74. The Kier molecular flexibility index (Phi) is 6.30. The third-order valence-electron chi connectivity index (χ3n) is 2.73. The fraction of sp³-hybridized carbons (Fsp3) is 0.533. The van der Waals surface area contributed by atoms with Crippen molar-refractivity contribution in [2.45, 2.75) is 38.8 Å². The van der Waals surface area contributed by atoms with Crippen LogP contribution in [0.4, 0.5) is 4.79 Å². The molecule has 1 aromatic rings. The summed E-state index contributed by atoms with van der Waals surface area (Å²) in [5.74, 6) is 0.688. The molecule has 21 heavy (non-hydrogen) atoms. The van der Waals surface area contributed by atoms with Gasteiger partial charge in [0.15, 0.2) is 0 Å². The molecule has 0 aliphatic rings. The third-order valence-corrected chi connectivity index (χ3v) is 3.08. The number of benzene rings is 1. The molecule has 0 saturated carbocycles. The number of alkyl carbamates (subject to hydrolysis) is 1. The van der Waals surface area contributed by atoms with Crippen LogP contribution in [-0.4, -0.2) is 31.4 Å². The largest absolute Gasteiger partial charge is 0.497 e. The van der Waals surface area contributed by atoms with E-state index in [1.54, 1.807) is 13.2 Å². The Morgan fingerprint density at radius 2 is 2.10 bits per heavy atom. The Balaban J connectivity index is 2.68. The molecule has 1 amide bonds. The molecule has 1 aromatic carbocycles. The number of methoxy groups -OCH3 is 1. The van der Waals surface area contributed by atoms with E-state index in [-0.39, 0.29) is 6.04 Å². The van der Waals surface area contributed by atoms with Gasteiger partial charge in [-0.1, -0.05) is 17.7 Å². The maximum Gasteiger partial charge on any atom is 0.407 e. The topological polar surface area (TPSA) is 73.6 Å². The summed E-state index contributed by atoms with van der Waals surface area (Å²) in [5.41, 5.74) is 6.05. The van der Waals surface area contributed by atoms with Crippen LogP contribution in [0.25, 0.3) is 0 Å². The van der Waals surface area contributed by atoms with E-state index in [0.29, 0.717) is 23.7 Å². The van der Waals surface area contributed by atoms with Crippen LogP contribution in [0.3, 0.4) is 0 Å². The average molecular weight is 315 g/mol. The van der Waals surface area contributed by atoms with Gasteiger partial charge in [-0.25, -0.2) is 4.79 Å². The van der Waals surface area contributed by atoms with Crippen molar-refractivity contribution in [2.75, 3.05) is 13.7 Å². The number of nitrogens with one attached hydrogen (secondary N) is 1. The molecule has 0 aliphatic heterocycles. The average Bonchev–Trinajstić information content (AvgIpc) is 2.37. The Hall–Kier alpha value is -1.46. The van der Waals surface area contributed by atoms with Crippen LogP contribution in [0.15, 0.2) is 18.2 Å². The van der Waals surface area contributed by atoms with Crippen LogP contribution in [0, 0.1) is 0 Å². The molecule has 0 heterocycles. The number of halogens is 1. The van der Waals surface area contributed by atoms with Gasteiger partial charge < -0.3 is 20.5 Å². The Morgan fingerprint density at radius 1 is 1.43 bits per heavy atom. The van der Waals surface area contributed by atoms with Gasteiger partial charge in [0, 0.05) is 17.6 Å². The minimum absolute atomic E-state index is 0.245. The van der Waals surface area contributed by atoms with Gasteiger partial charge in [-0.3, -0.25) is 0 Å². The first-order valence-electron chi connectivity index (χ1n) is 6.77. The zero-order valence-corrected chi connectivity index (χ0v) is 13.7. The number of nitrogens with two attached hydrogens (primary N) is 1. The standard InChI is InChI=1S/C15H23ClN2O3/c1-15(2,3)21-14(19)18-11(9-17)7-10-5-6-12(20-4)8-13(10)16/h5-6,8,11H,7,9,17H2,1-4H3,(H,18,19). The van der Waals surface area contributed by atoms with Crippen molar-refractivity contribution in [3.63, 3.8) is 0 Å². The lowest BCUT2D eigenvalue weighted by Crippen LogP contribution is -2.44. The fourth-order valence-corrected chi connectivity index (χ4v) is 2.00. The maximum atomic E-state index is 11.8. The molecular formula is C15H23ClN2O3. The van der Waals surface area contributed by atoms with Gasteiger partial charge in [0.05, 0.1) is 7.11 Å². The molecule has 0 aromatic heterocycles. The quantitative estimate of drug-likeness (QED) is 0.876. The molecule has 0 fully saturated rings. The second-order valence-electron chi connectivity index (χ2n) is 5.74. The van der Waals surface area contributed by atoms with E-state index in [1.807, 2.05) is 32.9 Å². The third kappa shape index (κ3) is 6.23. The van der Waals surface area contributed by atoms with Crippen molar-refractivity contribution >= 4 is 17.7 Å². The minimum Gasteiger partial charge on any atom is -0.497 e. The fourth-order valence-electron chi connectivity index (χ4n) is 1.75. The first-order valence-corrected chi connectivity index (χ1v) is 7.15. The number of rotatable bonds is 5. The summed E-state index contributed by atoms with van der Waals surface area (Å²) in [5, 5.41) is 3.33. The summed E-state index contributed by atoms with van der Waals surface area (Å²) in [7, 11) is 1.58. The van der Waals surface area contributed by atoms with E-state index >= 15 is 0 Å². The first-order chi connectivity index (χ1) is 9.75. The zero-order chi connectivity index (χ0) is 16.0. The van der Waals surface area contributed by atoms with Gasteiger partial charge in [-0.05, 0) is 44.9 Å². The molecular weight excluding hydrogens is 292 g/mol. The van der Waals surface area contributed by atoms with E-state index in [0.717, 1.165) is 5.56 Å². The highest BCUT2D eigenvalue weighted by Crippen LogP contribution is 2.23.